The highest BCUT2D eigenvalue weighted by Crippen LogP contribution is 2.14. The first kappa shape index (κ1) is 12.7. The van der Waals surface area contributed by atoms with E-state index in [2.05, 4.69) is 5.32 Å². The van der Waals surface area contributed by atoms with Crippen LogP contribution < -0.4 is 5.32 Å². The van der Waals surface area contributed by atoms with Gasteiger partial charge in [0.15, 0.2) is 0 Å². The molecule has 1 aromatic rings. The zero-order valence-corrected chi connectivity index (χ0v) is 9.74. The summed E-state index contributed by atoms with van der Waals surface area (Å²) in [5, 5.41) is 11.9. The largest absolute Gasteiger partial charge is 0.475 e. The van der Waals surface area contributed by atoms with Gasteiger partial charge in [0.2, 0.25) is 5.76 Å². The average molecular weight is 227 g/mol. The van der Waals surface area contributed by atoms with E-state index < -0.39 is 5.97 Å². The number of aryl methyl sites for hydroxylation is 1. The molecule has 0 aromatic carbocycles. The zero-order valence-electron chi connectivity index (χ0n) is 9.74. The molecule has 5 nitrogen and oxygen atoms in total. The fraction of sp³-hybridized carbons (Fsp3) is 0.545. The topological polar surface area (TPSA) is 71.7 Å². The molecule has 1 heterocycles. The molecule has 1 aromatic heterocycles. The molecule has 2 N–H and O–H groups in total. The zero-order chi connectivity index (χ0) is 12.1. The molecule has 0 spiro atoms. The van der Waals surface area contributed by atoms with Crippen molar-refractivity contribution in [2.45, 2.75) is 26.5 Å². The molecule has 90 valence electrons. The third-order valence-electron chi connectivity index (χ3n) is 2.30. The molecule has 0 saturated carbocycles. The number of carboxylic acid groups (broad SMARTS) is 1. The number of nitrogens with one attached hydrogen (secondary N) is 1. The molecule has 1 unspecified atom stereocenters. The Kier molecular flexibility index (Phi) is 4.52. The summed E-state index contributed by atoms with van der Waals surface area (Å²) in [6.45, 7) is 4.86. The maximum absolute atomic E-state index is 10.7. The van der Waals surface area contributed by atoms with E-state index in [1.807, 2.05) is 6.92 Å². The summed E-state index contributed by atoms with van der Waals surface area (Å²) in [4.78, 5) is 10.7. The van der Waals surface area contributed by atoms with Crippen molar-refractivity contribution in [2.24, 2.45) is 0 Å². The van der Waals surface area contributed by atoms with Gasteiger partial charge in [-0.1, -0.05) is 0 Å². The lowest BCUT2D eigenvalue weighted by molar-refractivity contribution is 0.0658. The number of hydrogen-bond acceptors (Lipinski definition) is 4. The Morgan fingerprint density at radius 2 is 2.38 bits per heavy atom. The van der Waals surface area contributed by atoms with Crippen LogP contribution in [0.2, 0.25) is 0 Å². The molecule has 0 fully saturated rings. The normalized spacial score (nSPS) is 12.7. The van der Waals surface area contributed by atoms with Gasteiger partial charge in [-0.25, -0.2) is 4.79 Å². The third kappa shape index (κ3) is 3.36. The number of methoxy groups -OCH3 is 1. The van der Waals surface area contributed by atoms with Crippen LogP contribution in [0.5, 0.6) is 0 Å². The molecular formula is C11H17NO4. The molecule has 0 aliphatic heterocycles. The third-order valence-corrected chi connectivity index (χ3v) is 2.30. The van der Waals surface area contributed by atoms with Crippen LogP contribution in [0.3, 0.4) is 0 Å². The van der Waals surface area contributed by atoms with Gasteiger partial charge in [0.25, 0.3) is 0 Å². The van der Waals surface area contributed by atoms with Gasteiger partial charge in [0.1, 0.15) is 5.76 Å². The van der Waals surface area contributed by atoms with E-state index in [4.69, 9.17) is 14.3 Å². The van der Waals surface area contributed by atoms with Crippen molar-refractivity contribution in [2.75, 3.05) is 13.7 Å². The first-order valence-electron chi connectivity index (χ1n) is 5.10. The van der Waals surface area contributed by atoms with Crippen molar-refractivity contribution in [3.05, 3.63) is 23.2 Å². The SMILES string of the molecule is COC(C)CNCc1cc(C)c(C(=O)O)o1. The second-order valence-corrected chi connectivity index (χ2v) is 3.71. The first-order valence-corrected chi connectivity index (χ1v) is 5.10. The van der Waals surface area contributed by atoms with E-state index in [9.17, 15) is 4.79 Å². The molecule has 1 atom stereocenters. The Morgan fingerprint density at radius 1 is 1.69 bits per heavy atom. The number of aromatic carboxylic acids is 1. The summed E-state index contributed by atoms with van der Waals surface area (Å²) in [6.07, 6.45) is 0.120. The molecule has 0 aliphatic carbocycles. The highest BCUT2D eigenvalue weighted by Gasteiger charge is 2.13. The number of carbonyl (C=O) groups is 1. The van der Waals surface area contributed by atoms with Gasteiger partial charge in [0.05, 0.1) is 12.6 Å². The highest BCUT2D eigenvalue weighted by atomic mass is 16.5. The maximum Gasteiger partial charge on any atom is 0.372 e. The van der Waals surface area contributed by atoms with Crippen LogP contribution in [0.25, 0.3) is 0 Å². The van der Waals surface area contributed by atoms with Gasteiger partial charge in [0, 0.05) is 19.2 Å². The van der Waals surface area contributed by atoms with Crippen molar-refractivity contribution in [3.8, 4) is 0 Å². The molecule has 5 heteroatoms. The minimum absolute atomic E-state index is 0.0107. The van der Waals surface area contributed by atoms with Crippen LogP contribution >= 0.6 is 0 Å². The Balaban J connectivity index is 2.49. The summed E-state index contributed by atoms with van der Waals surface area (Å²) >= 11 is 0. The quantitative estimate of drug-likeness (QED) is 0.768. The number of rotatable bonds is 6. The molecule has 0 amide bonds. The lowest BCUT2D eigenvalue weighted by atomic mass is 10.2. The van der Waals surface area contributed by atoms with Crippen LogP contribution in [0.15, 0.2) is 10.5 Å². The summed E-state index contributed by atoms with van der Waals surface area (Å²) in [5.74, 6) is -0.399. The van der Waals surface area contributed by atoms with Crippen molar-refractivity contribution < 1.29 is 19.1 Å². The van der Waals surface area contributed by atoms with Crippen LogP contribution in [0, 0.1) is 6.92 Å². The number of ether oxygens (including phenoxy) is 1. The van der Waals surface area contributed by atoms with Crippen molar-refractivity contribution >= 4 is 5.97 Å². The molecular weight excluding hydrogens is 210 g/mol. The molecule has 16 heavy (non-hydrogen) atoms. The Morgan fingerprint density at radius 3 is 2.88 bits per heavy atom. The van der Waals surface area contributed by atoms with Gasteiger partial charge in [-0.2, -0.15) is 0 Å². The lowest BCUT2D eigenvalue weighted by Crippen LogP contribution is -2.25. The molecule has 1 rings (SSSR count). The summed E-state index contributed by atoms with van der Waals surface area (Å²) < 4.78 is 10.3. The fourth-order valence-corrected chi connectivity index (χ4v) is 1.33. The highest BCUT2D eigenvalue weighted by molar-refractivity contribution is 5.86. The predicted molar refractivity (Wildman–Crippen MR) is 58.6 cm³/mol. The van der Waals surface area contributed by atoms with Crippen molar-refractivity contribution in [1.29, 1.82) is 0 Å². The predicted octanol–water partition coefficient (Wildman–Crippen LogP) is 1.41. The smallest absolute Gasteiger partial charge is 0.372 e. The number of hydrogen-bond donors (Lipinski definition) is 2. The molecule has 0 aliphatic rings. The molecule has 0 saturated heterocycles. The van der Waals surface area contributed by atoms with Gasteiger partial charge < -0.3 is 19.6 Å². The second kappa shape index (κ2) is 5.67. The van der Waals surface area contributed by atoms with Crippen LogP contribution in [0.4, 0.5) is 0 Å². The van der Waals surface area contributed by atoms with E-state index in [1.165, 1.54) is 0 Å². The summed E-state index contributed by atoms with van der Waals surface area (Å²) in [7, 11) is 1.64. The van der Waals surface area contributed by atoms with Crippen LogP contribution in [0.1, 0.15) is 28.8 Å². The van der Waals surface area contributed by atoms with E-state index in [-0.39, 0.29) is 11.9 Å². The van der Waals surface area contributed by atoms with Crippen molar-refractivity contribution in [1.82, 2.24) is 5.32 Å². The number of carboxylic acids is 1. The molecule has 0 radical (unpaired) electrons. The van der Waals surface area contributed by atoms with Gasteiger partial charge in [-0.05, 0) is 19.9 Å². The monoisotopic (exact) mass is 227 g/mol. The molecule has 0 bridgehead atoms. The minimum atomic E-state index is -1.03. The van der Waals surface area contributed by atoms with Gasteiger partial charge >= 0.3 is 5.97 Å². The Bertz CT molecular complexity index is 359. The van der Waals surface area contributed by atoms with E-state index in [0.717, 1.165) is 0 Å². The van der Waals surface area contributed by atoms with Crippen molar-refractivity contribution in [3.63, 3.8) is 0 Å². The standard InChI is InChI=1S/C11H17NO4/c1-7-4-9(16-10(7)11(13)14)6-12-5-8(2)15-3/h4,8,12H,5-6H2,1-3H3,(H,13,14). The minimum Gasteiger partial charge on any atom is -0.475 e. The van der Waals surface area contributed by atoms with Gasteiger partial charge in [-0.15, -0.1) is 0 Å². The Labute approximate surface area is 94.4 Å². The maximum atomic E-state index is 10.7. The Hall–Kier alpha value is -1.33. The lowest BCUT2D eigenvalue weighted by Gasteiger charge is -2.09. The first-order chi connectivity index (χ1) is 7.54. The second-order valence-electron chi connectivity index (χ2n) is 3.71. The van der Waals surface area contributed by atoms with Crippen LogP contribution in [-0.2, 0) is 11.3 Å². The van der Waals surface area contributed by atoms with Crippen LogP contribution in [-0.4, -0.2) is 30.8 Å². The van der Waals surface area contributed by atoms with E-state index >= 15 is 0 Å². The average Bonchev–Trinajstić information content (AvgIpc) is 2.59. The summed E-state index contributed by atoms with van der Waals surface area (Å²) in [6, 6.07) is 1.73. The van der Waals surface area contributed by atoms with E-state index in [0.29, 0.717) is 24.4 Å². The fourth-order valence-electron chi connectivity index (χ4n) is 1.33. The van der Waals surface area contributed by atoms with E-state index in [1.54, 1.807) is 20.1 Å². The van der Waals surface area contributed by atoms with Gasteiger partial charge in [-0.3, -0.25) is 0 Å². The number of furan rings is 1. The summed E-state index contributed by atoms with van der Waals surface area (Å²) in [5.41, 5.74) is 0.643.